The summed E-state index contributed by atoms with van der Waals surface area (Å²) < 4.78 is 0. The Hall–Kier alpha value is -2.36. The summed E-state index contributed by atoms with van der Waals surface area (Å²) in [6.07, 6.45) is 3.33. The molecule has 0 unspecified atom stereocenters. The molecule has 0 bridgehead atoms. The van der Waals surface area contributed by atoms with Crippen LogP contribution in [0.1, 0.15) is 21.6 Å². The highest BCUT2D eigenvalue weighted by atomic mass is 16.2. The summed E-state index contributed by atoms with van der Waals surface area (Å²) in [4.78, 5) is 14.3. The van der Waals surface area contributed by atoms with Crippen molar-refractivity contribution in [3.63, 3.8) is 0 Å². The van der Waals surface area contributed by atoms with E-state index in [1.807, 2.05) is 31.2 Å². The summed E-state index contributed by atoms with van der Waals surface area (Å²) in [6, 6.07) is 11.3. The van der Waals surface area contributed by atoms with E-state index in [9.17, 15) is 4.79 Å². The Morgan fingerprint density at radius 1 is 1.29 bits per heavy atom. The zero-order valence-electron chi connectivity index (χ0n) is 9.47. The van der Waals surface area contributed by atoms with Crippen LogP contribution < -0.4 is 5.43 Å². The average Bonchev–Trinajstić information content (AvgIpc) is 2.85. The van der Waals surface area contributed by atoms with Crippen molar-refractivity contribution in [3.05, 3.63) is 59.4 Å². The topological polar surface area (TPSA) is 57.2 Å². The fourth-order valence-corrected chi connectivity index (χ4v) is 1.42. The molecule has 1 amide bonds. The first-order valence-corrected chi connectivity index (χ1v) is 5.30. The van der Waals surface area contributed by atoms with Gasteiger partial charge in [0.2, 0.25) is 0 Å². The lowest BCUT2D eigenvalue weighted by molar-refractivity contribution is 0.0951. The number of aromatic nitrogens is 1. The first-order valence-electron chi connectivity index (χ1n) is 5.30. The molecule has 0 atom stereocenters. The molecule has 0 aliphatic carbocycles. The van der Waals surface area contributed by atoms with Gasteiger partial charge in [0.05, 0.1) is 6.21 Å². The number of benzene rings is 1. The molecule has 0 spiro atoms. The average molecular weight is 227 g/mol. The summed E-state index contributed by atoms with van der Waals surface area (Å²) in [7, 11) is 0. The summed E-state index contributed by atoms with van der Waals surface area (Å²) in [5, 5.41) is 3.91. The maximum absolute atomic E-state index is 11.5. The van der Waals surface area contributed by atoms with Gasteiger partial charge in [-0.15, -0.1) is 0 Å². The van der Waals surface area contributed by atoms with E-state index in [4.69, 9.17) is 0 Å². The normalized spacial score (nSPS) is 10.6. The van der Waals surface area contributed by atoms with Crippen molar-refractivity contribution < 1.29 is 4.79 Å². The van der Waals surface area contributed by atoms with Gasteiger partial charge in [-0.3, -0.25) is 4.79 Å². The van der Waals surface area contributed by atoms with Crippen molar-refractivity contribution in [2.75, 3.05) is 0 Å². The Morgan fingerprint density at radius 3 is 2.82 bits per heavy atom. The Morgan fingerprint density at radius 2 is 2.12 bits per heavy atom. The molecule has 0 saturated carbocycles. The fraction of sp³-hybridized carbons (Fsp3) is 0.0769. The van der Waals surface area contributed by atoms with Crippen LogP contribution >= 0.6 is 0 Å². The van der Waals surface area contributed by atoms with E-state index in [1.165, 1.54) is 0 Å². The molecule has 2 N–H and O–H groups in total. The van der Waals surface area contributed by atoms with Crippen molar-refractivity contribution in [3.8, 4) is 0 Å². The lowest BCUT2D eigenvalue weighted by Crippen LogP contribution is -2.17. The number of hydrogen-bond acceptors (Lipinski definition) is 2. The zero-order valence-corrected chi connectivity index (χ0v) is 9.47. The summed E-state index contributed by atoms with van der Waals surface area (Å²) in [5.41, 5.74) is 5.05. The second-order valence-electron chi connectivity index (χ2n) is 3.64. The molecule has 1 aromatic heterocycles. The minimum atomic E-state index is -0.250. The monoisotopic (exact) mass is 227 g/mol. The van der Waals surface area contributed by atoms with Gasteiger partial charge in [-0.25, -0.2) is 5.43 Å². The first kappa shape index (κ1) is 11.1. The molecule has 86 valence electrons. The number of carbonyl (C=O) groups is 1. The van der Waals surface area contributed by atoms with Gasteiger partial charge in [0, 0.05) is 6.20 Å². The van der Waals surface area contributed by atoms with Crippen LogP contribution in [0.4, 0.5) is 0 Å². The number of aromatic amines is 1. The van der Waals surface area contributed by atoms with Gasteiger partial charge in [0.15, 0.2) is 0 Å². The highest BCUT2D eigenvalue weighted by Gasteiger charge is 2.02. The van der Waals surface area contributed by atoms with Crippen LogP contribution in [0.5, 0.6) is 0 Å². The van der Waals surface area contributed by atoms with Gasteiger partial charge in [-0.05, 0) is 30.2 Å². The highest BCUT2D eigenvalue weighted by molar-refractivity contribution is 5.93. The number of H-pyrrole nitrogens is 1. The molecule has 4 nitrogen and oxygen atoms in total. The first-order chi connectivity index (χ1) is 8.27. The Kier molecular flexibility index (Phi) is 3.35. The third-order valence-electron chi connectivity index (χ3n) is 2.40. The molecule has 2 rings (SSSR count). The van der Waals surface area contributed by atoms with Gasteiger partial charge >= 0.3 is 0 Å². The van der Waals surface area contributed by atoms with Crippen LogP contribution in [0.2, 0.25) is 0 Å². The largest absolute Gasteiger partial charge is 0.357 e. The SMILES string of the molecule is Cc1ccccc1/C=N\NC(=O)c1ccc[nH]1. The highest BCUT2D eigenvalue weighted by Crippen LogP contribution is 2.03. The van der Waals surface area contributed by atoms with Gasteiger partial charge in [0.25, 0.3) is 5.91 Å². The smallest absolute Gasteiger partial charge is 0.287 e. The van der Waals surface area contributed by atoms with E-state index < -0.39 is 0 Å². The summed E-state index contributed by atoms with van der Waals surface area (Å²) in [6.45, 7) is 1.99. The minimum absolute atomic E-state index is 0.250. The number of nitrogens with one attached hydrogen (secondary N) is 2. The fourth-order valence-electron chi connectivity index (χ4n) is 1.42. The van der Waals surface area contributed by atoms with Gasteiger partial charge < -0.3 is 4.98 Å². The molecule has 1 heterocycles. The second-order valence-corrected chi connectivity index (χ2v) is 3.64. The number of hydrazone groups is 1. The van der Waals surface area contributed by atoms with Crippen molar-refractivity contribution in [1.82, 2.24) is 10.4 Å². The Bertz CT molecular complexity index is 529. The zero-order chi connectivity index (χ0) is 12.1. The molecule has 0 fully saturated rings. The second kappa shape index (κ2) is 5.12. The lowest BCUT2D eigenvalue weighted by atomic mass is 10.1. The van der Waals surface area contributed by atoms with Crippen LogP contribution in [-0.4, -0.2) is 17.1 Å². The lowest BCUT2D eigenvalue weighted by Gasteiger charge is -1.99. The van der Waals surface area contributed by atoms with Crippen LogP contribution in [-0.2, 0) is 0 Å². The van der Waals surface area contributed by atoms with Crippen molar-refractivity contribution in [2.24, 2.45) is 5.10 Å². The maximum atomic E-state index is 11.5. The predicted molar refractivity (Wildman–Crippen MR) is 67.0 cm³/mol. The number of nitrogens with zero attached hydrogens (tertiary/aromatic N) is 1. The van der Waals surface area contributed by atoms with Crippen molar-refractivity contribution in [2.45, 2.75) is 6.92 Å². The number of rotatable bonds is 3. The molecule has 0 aliphatic heterocycles. The molecular formula is C13H13N3O. The molecule has 0 saturated heterocycles. The maximum Gasteiger partial charge on any atom is 0.287 e. The molecule has 2 aromatic rings. The summed E-state index contributed by atoms with van der Waals surface area (Å²) >= 11 is 0. The molecular weight excluding hydrogens is 214 g/mol. The van der Waals surface area contributed by atoms with Crippen LogP contribution in [0.25, 0.3) is 0 Å². The minimum Gasteiger partial charge on any atom is -0.357 e. The quantitative estimate of drug-likeness (QED) is 0.612. The van der Waals surface area contributed by atoms with Gasteiger partial charge in [0.1, 0.15) is 5.69 Å². The number of carbonyl (C=O) groups excluding carboxylic acids is 1. The van der Waals surface area contributed by atoms with Crippen LogP contribution in [0, 0.1) is 6.92 Å². The Balaban J connectivity index is 1.99. The van der Waals surface area contributed by atoms with E-state index in [0.29, 0.717) is 5.69 Å². The van der Waals surface area contributed by atoms with Crippen LogP contribution in [0.15, 0.2) is 47.7 Å². The van der Waals surface area contributed by atoms with Gasteiger partial charge in [-0.1, -0.05) is 24.3 Å². The third-order valence-corrected chi connectivity index (χ3v) is 2.40. The van der Waals surface area contributed by atoms with E-state index in [2.05, 4.69) is 15.5 Å². The summed E-state index contributed by atoms with van der Waals surface area (Å²) in [5.74, 6) is -0.250. The van der Waals surface area contributed by atoms with E-state index in [-0.39, 0.29) is 5.91 Å². The third kappa shape index (κ3) is 2.81. The standard InChI is InChI=1S/C13H13N3O/c1-10-5-2-3-6-11(10)9-15-16-13(17)12-7-4-8-14-12/h2-9,14H,1H3,(H,16,17)/b15-9-. The van der Waals surface area contributed by atoms with E-state index in [0.717, 1.165) is 11.1 Å². The number of hydrogen-bond donors (Lipinski definition) is 2. The number of aryl methyl sites for hydroxylation is 1. The van der Waals surface area contributed by atoms with Crippen molar-refractivity contribution in [1.29, 1.82) is 0 Å². The van der Waals surface area contributed by atoms with E-state index >= 15 is 0 Å². The van der Waals surface area contributed by atoms with Crippen LogP contribution in [0.3, 0.4) is 0 Å². The molecule has 4 heteroatoms. The predicted octanol–water partition coefficient (Wildman–Crippen LogP) is 2.09. The van der Waals surface area contributed by atoms with E-state index in [1.54, 1.807) is 24.5 Å². The Labute approximate surface area is 99.4 Å². The van der Waals surface area contributed by atoms with Crippen molar-refractivity contribution >= 4 is 12.1 Å². The molecule has 0 radical (unpaired) electrons. The molecule has 0 aliphatic rings. The molecule has 1 aromatic carbocycles. The van der Waals surface area contributed by atoms with Gasteiger partial charge in [-0.2, -0.15) is 5.10 Å². The number of amides is 1. The molecule has 17 heavy (non-hydrogen) atoms.